The van der Waals surface area contributed by atoms with Crippen LogP contribution in [0.1, 0.15) is 20.3 Å². The van der Waals surface area contributed by atoms with Crippen LogP contribution in [0.15, 0.2) is 0 Å². The Bertz CT molecular complexity index is 41.4. The van der Waals surface area contributed by atoms with Crippen LogP contribution in [0.3, 0.4) is 0 Å². The van der Waals surface area contributed by atoms with Crippen molar-refractivity contribution in [1.29, 1.82) is 0 Å². The molecule has 0 heterocycles. The molecular formula is C6H15Si. The van der Waals surface area contributed by atoms with Gasteiger partial charge in [0, 0.05) is 8.80 Å². The Morgan fingerprint density at radius 1 is 1.43 bits per heavy atom. The fourth-order valence-corrected chi connectivity index (χ4v) is 1.22. The Morgan fingerprint density at radius 2 is 1.86 bits per heavy atom. The predicted octanol–water partition coefficient (Wildman–Crippen LogP) is 2.54. The van der Waals surface area contributed by atoms with Gasteiger partial charge in [0.05, 0.1) is 0 Å². The van der Waals surface area contributed by atoms with Crippen LogP contribution in [-0.2, 0) is 0 Å². The molecule has 0 amide bonds. The average Bonchev–Trinajstić information content (AvgIpc) is 1.65. The van der Waals surface area contributed by atoms with Crippen molar-refractivity contribution in [2.45, 2.75) is 38.9 Å². The molecule has 0 aliphatic carbocycles. The molecule has 0 nitrogen and oxygen atoms in total. The van der Waals surface area contributed by atoms with Crippen LogP contribution in [0.25, 0.3) is 0 Å². The van der Waals surface area contributed by atoms with E-state index in [1.165, 1.54) is 6.42 Å². The minimum absolute atomic E-state index is 0.0368. The van der Waals surface area contributed by atoms with Crippen LogP contribution in [-0.4, -0.2) is 8.80 Å². The van der Waals surface area contributed by atoms with Crippen LogP contribution in [0.2, 0.25) is 18.6 Å². The first kappa shape index (κ1) is 7.22. The lowest BCUT2D eigenvalue weighted by atomic mass is 10.4. The van der Waals surface area contributed by atoms with Gasteiger partial charge in [-0.15, -0.1) is 0 Å². The molecule has 0 aliphatic heterocycles. The Morgan fingerprint density at radius 3 is 1.86 bits per heavy atom. The second-order valence-corrected chi connectivity index (χ2v) is 5.53. The number of hydrogen-bond acceptors (Lipinski definition) is 0. The van der Waals surface area contributed by atoms with E-state index in [1.807, 2.05) is 0 Å². The summed E-state index contributed by atoms with van der Waals surface area (Å²) in [4.78, 5) is 0. The molecule has 0 bridgehead atoms. The summed E-state index contributed by atoms with van der Waals surface area (Å²) in [5, 5.41) is 0. The highest BCUT2D eigenvalue weighted by atomic mass is 28.3. The Hall–Kier alpha value is 0.217. The van der Waals surface area contributed by atoms with Crippen LogP contribution in [0.5, 0.6) is 0 Å². The zero-order valence-electron chi connectivity index (χ0n) is 5.78. The van der Waals surface area contributed by atoms with Gasteiger partial charge in [0.2, 0.25) is 0 Å². The van der Waals surface area contributed by atoms with E-state index in [-0.39, 0.29) is 8.80 Å². The van der Waals surface area contributed by atoms with Crippen molar-refractivity contribution in [3.05, 3.63) is 0 Å². The van der Waals surface area contributed by atoms with E-state index in [1.54, 1.807) is 0 Å². The van der Waals surface area contributed by atoms with Gasteiger partial charge in [-0.25, -0.2) is 0 Å². The summed E-state index contributed by atoms with van der Waals surface area (Å²) in [6.07, 6.45) is 1.36. The molecule has 0 rings (SSSR count). The molecule has 7 heavy (non-hydrogen) atoms. The molecule has 43 valence electrons. The SMILES string of the molecule is CCC(C)[Si](C)C. The van der Waals surface area contributed by atoms with Crippen molar-refractivity contribution >= 4 is 8.80 Å². The number of hydrogen-bond donors (Lipinski definition) is 0. The lowest BCUT2D eigenvalue weighted by Gasteiger charge is -2.08. The second kappa shape index (κ2) is 3.25. The van der Waals surface area contributed by atoms with Gasteiger partial charge in [-0.1, -0.05) is 38.9 Å². The topological polar surface area (TPSA) is 0 Å². The first-order valence-electron chi connectivity index (χ1n) is 2.98. The van der Waals surface area contributed by atoms with Crippen molar-refractivity contribution in [2.75, 3.05) is 0 Å². The fourth-order valence-electron chi connectivity index (χ4n) is 0.408. The van der Waals surface area contributed by atoms with Gasteiger partial charge in [-0.3, -0.25) is 0 Å². The van der Waals surface area contributed by atoms with Gasteiger partial charge >= 0.3 is 0 Å². The minimum Gasteiger partial charge on any atom is -0.0711 e. The second-order valence-electron chi connectivity index (χ2n) is 2.39. The van der Waals surface area contributed by atoms with Crippen LogP contribution in [0, 0.1) is 0 Å². The maximum Gasteiger partial charge on any atom is 0.0443 e. The van der Waals surface area contributed by atoms with E-state index in [0.717, 1.165) is 5.54 Å². The summed E-state index contributed by atoms with van der Waals surface area (Å²) in [6, 6.07) is 0. The standard InChI is InChI=1S/C6H15Si/c1-5-6(2)7(3)4/h6H,5H2,1-4H3. The van der Waals surface area contributed by atoms with E-state index < -0.39 is 0 Å². The molecule has 0 N–H and O–H groups in total. The van der Waals surface area contributed by atoms with E-state index >= 15 is 0 Å². The van der Waals surface area contributed by atoms with Crippen LogP contribution < -0.4 is 0 Å². The molecule has 0 aromatic heterocycles. The van der Waals surface area contributed by atoms with E-state index in [0.29, 0.717) is 0 Å². The summed E-state index contributed by atoms with van der Waals surface area (Å²) >= 11 is 0. The molecule has 0 aliphatic rings. The first-order chi connectivity index (χ1) is 3.18. The third-order valence-electron chi connectivity index (χ3n) is 1.60. The van der Waals surface area contributed by atoms with Gasteiger partial charge in [0.1, 0.15) is 0 Å². The summed E-state index contributed by atoms with van der Waals surface area (Å²) in [5.74, 6) is 0. The molecule has 1 heteroatoms. The third kappa shape index (κ3) is 2.86. The predicted molar refractivity (Wildman–Crippen MR) is 37.2 cm³/mol. The van der Waals surface area contributed by atoms with Gasteiger partial charge in [-0.2, -0.15) is 0 Å². The zero-order chi connectivity index (χ0) is 5.86. The van der Waals surface area contributed by atoms with Crippen molar-refractivity contribution in [3.63, 3.8) is 0 Å². The van der Waals surface area contributed by atoms with Crippen LogP contribution in [0.4, 0.5) is 0 Å². The quantitative estimate of drug-likeness (QED) is 0.485. The summed E-state index contributed by atoms with van der Waals surface area (Å²) in [6.45, 7) is 9.36. The first-order valence-corrected chi connectivity index (χ1v) is 5.56. The van der Waals surface area contributed by atoms with Crippen molar-refractivity contribution in [1.82, 2.24) is 0 Å². The maximum atomic E-state index is 2.37. The highest BCUT2D eigenvalue weighted by molar-refractivity contribution is 6.57. The van der Waals surface area contributed by atoms with Crippen molar-refractivity contribution in [3.8, 4) is 0 Å². The monoisotopic (exact) mass is 115 g/mol. The van der Waals surface area contributed by atoms with Crippen molar-refractivity contribution < 1.29 is 0 Å². The smallest absolute Gasteiger partial charge is 0.0443 e. The van der Waals surface area contributed by atoms with Crippen LogP contribution >= 0.6 is 0 Å². The van der Waals surface area contributed by atoms with Crippen molar-refractivity contribution in [2.24, 2.45) is 0 Å². The lowest BCUT2D eigenvalue weighted by Crippen LogP contribution is -2.06. The van der Waals surface area contributed by atoms with E-state index in [2.05, 4.69) is 26.9 Å². The van der Waals surface area contributed by atoms with E-state index in [9.17, 15) is 0 Å². The molecule has 0 aromatic rings. The molecule has 1 unspecified atom stereocenters. The average molecular weight is 115 g/mol. The molecule has 0 saturated heterocycles. The lowest BCUT2D eigenvalue weighted by molar-refractivity contribution is 0.859. The molecule has 0 saturated carbocycles. The van der Waals surface area contributed by atoms with Gasteiger partial charge in [-0.05, 0) is 0 Å². The normalized spacial score (nSPS) is 15.0. The molecule has 0 fully saturated rings. The Balaban J connectivity index is 3.14. The summed E-state index contributed by atoms with van der Waals surface area (Å²) in [5.41, 5.74) is 1.00. The summed E-state index contributed by atoms with van der Waals surface area (Å²) < 4.78 is 0. The molecule has 1 radical (unpaired) electrons. The molecule has 1 atom stereocenters. The zero-order valence-corrected chi connectivity index (χ0v) is 6.78. The minimum atomic E-state index is 0.0368. The van der Waals surface area contributed by atoms with E-state index in [4.69, 9.17) is 0 Å². The Labute approximate surface area is 48.5 Å². The van der Waals surface area contributed by atoms with Gasteiger partial charge < -0.3 is 0 Å². The highest BCUT2D eigenvalue weighted by Crippen LogP contribution is 2.11. The molecular weight excluding hydrogens is 100 g/mol. The Kier molecular flexibility index (Phi) is 3.35. The largest absolute Gasteiger partial charge is 0.0711 e. The number of rotatable bonds is 2. The maximum absolute atomic E-state index is 2.37. The fraction of sp³-hybridized carbons (Fsp3) is 1.00. The third-order valence-corrected chi connectivity index (χ3v) is 3.98. The van der Waals surface area contributed by atoms with Gasteiger partial charge in [0.15, 0.2) is 0 Å². The highest BCUT2D eigenvalue weighted by Gasteiger charge is 2.03. The molecule has 0 aromatic carbocycles. The summed E-state index contributed by atoms with van der Waals surface area (Å²) in [7, 11) is 0.0368. The molecule has 0 spiro atoms. The van der Waals surface area contributed by atoms with Gasteiger partial charge in [0.25, 0.3) is 0 Å².